The normalized spacial score (nSPS) is 18.5. The van der Waals surface area contributed by atoms with Gasteiger partial charge in [-0.2, -0.15) is 0 Å². The molecule has 3 rings (SSSR count). The van der Waals surface area contributed by atoms with Gasteiger partial charge in [0.25, 0.3) is 0 Å². The lowest BCUT2D eigenvalue weighted by Gasteiger charge is -2.17. The van der Waals surface area contributed by atoms with Crippen LogP contribution >= 0.6 is 0 Å². The Morgan fingerprint density at radius 2 is 2.00 bits per heavy atom. The van der Waals surface area contributed by atoms with Crippen LogP contribution in [0.15, 0.2) is 6.07 Å². The van der Waals surface area contributed by atoms with Crippen molar-refractivity contribution in [2.45, 2.75) is 39.2 Å². The summed E-state index contributed by atoms with van der Waals surface area (Å²) in [4.78, 5) is 8.67. The highest BCUT2D eigenvalue weighted by atomic mass is 16.5. The molecule has 2 aliphatic rings. The third-order valence-corrected chi connectivity index (χ3v) is 4.20. The average molecular weight is 276 g/mol. The lowest BCUT2D eigenvalue weighted by atomic mass is 9.98. The van der Waals surface area contributed by atoms with E-state index < -0.39 is 0 Å². The lowest BCUT2D eigenvalue weighted by molar-refractivity contribution is 0.128. The maximum atomic E-state index is 5.84. The zero-order valence-electron chi connectivity index (χ0n) is 12.1. The van der Waals surface area contributed by atoms with Crippen LogP contribution in [0, 0.1) is 17.8 Å². The fourth-order valence-electron chi connectivity index (χ4n) is 2.86. The molecule has 2 aliphatic carbocycles. The monoisotopic (exact) mass is 276 g/mol. The quantitative estimate of drug-likeness (QED) is 0.763. The Hall–Kier alpha value is -1.36. The largest absolute Gasteiger partial charge is 0.384 e. The number of rotatable bonds is 8. The van der Waals surface area contributed by atoms with Gasteiger partial charge in [-0.25, -0.2) is 9.97 Å². The van der Waals surface area contributed by atoms with E-state index in [9.17, 15) is 0 Å². The Labute approximate surface area is 120 Å². The molecule has 5 nitrogen and oxygen atoms in total. The van der Waals surface area contributed by atoms with Gasteiger partial charge in [0.1, 0.15) is 18.2 Å². The second-order valence-corrected chi connectivity index (χ2v) is 5.95. The zero-order chi connectivity index (χ0) is 13.9. The van der Waals surface area contributed by atoms with Crippen LogP contribution in [0.1, 0.15) is 38.4 Å². The van der Waals surface area contributed by atoms with Crippen LogP contribution in [0.2, 0.25) is 0 Å². The smallest absolute Gasteiger partial charge is 0.158 e. The minimum absolute atomic E-state index is 0.422. The van der Waals surface area contributed by atoms with E-state index in [0.29, 0.717) is 24.9 Å². The minimum atomic E-state index is 0.422. The van der Waals surface area contributed by atoms with Crippen LogP contribution < -0.4 is 11.1 Å². The molecule has 1 aromatic rings. The number of hydrogen-bond donors (Lipinski definition) is 2. The molecule has 0 spiro atoms. The van der Waals surface area contributed by atoms with Crippen LogP contribution in [0.25, 0.3) is 0 Å². The number of aromatic nitrogens is 2. The molecule has 3 N–H and O–H groups in total. The summed E-state index contributed by atoms with van der Waals surface area (Å²) in [6, 6.07) is 1.81. The first-order chi connectivity index (χ1) is 9.76. The van der Waals surface area contributed by atoms with Gasteiger partial charge in [-0.3, -0.25) is 0 Å². The summed E-state index contributed by atoms with van der Waals surface area (Å²) in [5.74, 6) is 4.70. The van der Waals surface area contributed by atoms with Crippen molar-refractivity contribution >= 4 is 11.6 Å². The number of nitrogen functional groups attached to an aromatic ring is 1. The summed E-state index contributed by atoms with van der Waals surface area (Å²) in [5.41, 5.74) is 5.84. The average Bonchev–Trinajstić information content (AvgIpc) is 3.28. The Bertz CT molecular complexity index is 445. The van der Waals surface area contributed by atoms with Crippen molar-refractivity contribution in [3.8, 4) is 0 Å². The van der Waals surface area contributed by atoms with Gasteiger partial charge in [0.2, 0.25) is 0 Å². The molecule has 1 aromatic heterocycles. The first kappa shape index (κ1) is 13.6. The van der Waals surface area contributed by atoms with Crippen LogP contribution in [-0.4, -0.2) is 23.1 Å². The zero-order valence-corrected chi connectivity index (χ0v) is 12.1. The van der Waals surface area contributed by atoms with Crippen molar-refractivity contribution in [1.82, 2.24) is 9.97 Å². The SMILES string of the molecule is CCOCc1nc(N)cc(NCC(C2CC2)C2CC2)n1. The number of nitrogens with two attached hydrogens (primary N) is 1. The van der Waals surface area contributed by atoms with Crippen LogP contribution in [0.3, 0.4) is 0 Å². The second-order valence-electron chi connectivity index (χ2n) is 5.95. The van der Waals surface area contributed by atoms with Crippen molar-refractivity contribution in [3.63, 3.8) is 0 Å². The predicted octanol–water partition coefficient (Wildman–Crippen LogP) is 2.44. The van der Waals surface area contributed by atoms with Gasteiger partial charge < -0.3 is 15.8 Å². The molecule has 5 heteroatoms. The molecule has 0 radical (unpaired) electrons. The van der Waals surface area contributed by atoms with Crippen molar-refractivity contribution < 1.29 is 4.74 Å². The van der Waals surface area contributed by atoms with E-state index in [2.05, 4.69) is 15.3 Å². The molecule has 1 heterocycles. The molecule has 0 amide bonds. The van der Waals surface area contributed by atoms with E-state index in [-0.39, 0.29) is 0 Å². The van der Waals surface area contributed by atoms with E-state index in [0.717, 1.165) is 30.1 Å². The summed E-state index contributed by atoms with van der Waals surface area (Å²) in [5, 5.41) is 3.46. The first-order valence-electron chi connectivity index (χ1n) is 7.71. The number of ether oxygens (including phenoxy) is 1. The van der Waals surface area contributed by atoms with Crippen molar-refractivity contribution in [3.05, 3.63) is 11.9 Å². The highest BCUT2D eigenvalue weighted by molar-refractivity contribution is 5.44. The summed E-state index contributed by atoms with van der Waals surface area (Å²) in [6.45, 7) is 4.05. The van der Waals surface area contributed by atoms with Gasteiger partial charge >= 0.3 is 0 Å². The Balaban J connectivity index is 1.59. The molecule has 0 unspecified atom stereocenters. The van der Waals surface area contributed by atoms with E-state index in [1.807, 2.05) is 13.0 Å². The number of anilines is 2. The van der Waals surface area contributed by atoms with E-state index in [4.69, 9.17) is 10.5 Å². The third-order valence-electron chi connectivity index (χ3n) is 4.20. The number of hydrogen-bond acceptors (Lipinski definition) is 5. The van der Waals surface area contributed by atoms with Crippen LogP contribution in [-0.2, 0) is 11.3 Å². The lowest BCUT2D eigenvalue weighted by Crippen LogP contribution is -2.19. The summed E-state index contributed by atoms with van der Waals surface area (Å²) >= 11 is 0. The molecule has 2 fully saturated rings. The summed E-state index contributed by atoms with van der Waals surface area (Å²) < 4.78 is 5.34. The van der Waals surface area contributed by atoms with Crippen LogP contribution in [0.4, 0.5) is 11.6 Å². The highest BCUT2D eigenvalue weighted by Gasteiger charge is 2.41. The number of nitrogens with one attached hydrogen (secondary N) is 1. The maximum Gasteiger partial charge on any atom is 0.158 e. The Morgan fingerprint density at radius 3 is 2.60 bits per heavy atom. The predicted molar refractivity (Wildman–Crippen MR) is 79.2 cm³/mol. The first-order valence-corrected chi connectivity index (χ1v) is 7.71. The third kappa shape index (κ3) is 3.60. The minimum Gasteiger partial charge on any atom is -0.384 e. The van der Waals surface area contributed by atoms with E-state index in [1.165, 1.54) is 25.7 Å². The van der Waals surface area contributed by atoms with Gasteiger partial charge in [-0.15, -0.1) is 0 Å². The van der Waals surface area contributed by atoms with Gasteiger partial charge in [0, 0.05) is 19.2 Å². The maximum absolute atomic E-state index is 5.84. The Kier molecular flexibility index (Phi) is 4.05. The highest BCUT2D eigenvalue weighted by Crippen LogP contribution is 2.49. The molecule has 2 saturated carbocycles. The standard InChI is InChI=1S/C15H24N4O/c1-2-20-9-15-18-13(16)7-14(19-15)17-8-12(10-3-4-10)11-5-6-11/h7,10-12H,2-6,8-9H2,1H3,(H3,16,17,18,19). The fourth-order valence-corrected chi connectivity index (χ4v) is 2.86. The second kappa shape index (κ2) is 5.95. The number of nitrogens with zero attached hydrogens (tertiary/aromatic N) is 2. The molecule has 0 aromatic carbocycles. The molecule has 0 bridgehead atoms. The Morgan fingerprint density at radius 1 is 1.30 bits per heavy atom. The van der Waals surface area contributed by atoms with Gasteiger partial charge in [-0.1, -0.05) is 0 Å². The summed E-state index contributed by atoms with van der Waals surface area (Å²) in [7, 11) is 0. The fraction of sp³-hybridized carbons (Fsp3) is 0.733. The van der Waals surface area contributed by atoms with Gasteiger partial charge in [0.05, 0.1) is 0 Å². The molecule has 0 atom stereocenters. The molecule has 0 saturated heterocycles. The molecule has 20 heavy (non-hydrogen) atoms. The molecule has 110 valence electrons. The van der Waals surface area contributed by atoms with Gasteiger partial charge in [0.15, 0.2) is 5.82 Å². The van der Waals surface area contributed by atoms with Crippen molar-refractivity contribution in [2.75, 3.05) is 24.2 Å². The van der Waals surface area contributed by atoms with E-state index in [1.54, 1.807) is 0 Å². The molecular weight excluding hydrogens is 252 g/mol. The van der Waals surface area contributed by atoms with Crippen LogP contribution in [0.5, 0.6) is 0 Å². The van der Waals surface area contributed by atoms with Gasteiger partial charge in [-0.05, 0) is 50.4 Å². The summed E-state index contributed by atoms with van der Waals surface area (Å²) in [6.07, 6.45) is 5.63. The van der Waals surface area contributed by atoms with Crippen molar-refractivity contribution in [2.24, 2.45) is 17.8 Å². The molecular formula is C15H24N4O. The van der Waals surface area contributed by atoms with Crippen molar-refractivity contribution in [1.29, 1.82) is 0 Å². The topological polar surface area (TPSA) is 73.1 Å². The molecule has 0 aliphatic heterocycles. The van der Waals surface area contributed by atoms with E-state index >= 15 is 0 Å².